The van der Waals surface area contributed by atoms with Gasteiger partial charge in [-0.05, 0) is 85.5 Å². The van der Waals surface area contributed by atoms with E-state index in [0.29, 0.717) is 31.1 Å². The number of carbonyl (C=O) groups excluding carboxylic acids is 1. The summed E-state index contributed by atoms with van der Waals surface area (Å²) in [6.07, 6.45) is 11.2. The number of fused-ring (bicyclic) bond motifs is 5. The summed E-state index contributed by atoms with van der Waals surface area (Å²) in [6, 6.07) is 0. The molecule has 4 heteroatoms. The summed E-state index contributed by atoms with van der Waals surface area (Å²) >= 11 is 0. The van der Waals surface area contributed by atoms with E-state index < -0.39 is 16.6 Å². The number of ether oxygens (including phenoxy) is 1. The van der Waals surface area contributed by atoms with Crippen LogP contribution in [0.25, 0.3) is 0 Å². The highest BCUT2D eigenvalue weighted by Crippen LogP contribution is 2.68. The van der Waals surface area contributed by atoms with Crippen molar-refractivity contribution in [3.05, 3.63) is 11.6 Å². The van der Waals surface area contributed by atoms with E-state index in [4.69, 9.17) is 4.74 Å². The van der Waals surface area contributed by atoms with E-state index in [2.05, 4.69) is 47.6 Å². The lowest BCUT2D eigenvalue weighted by Gasteiger charge is -2.63. The lowest BCUT2D eigenvalue weighted by atomic mass is 9.45. The first-order chi connectivity index (χ1) is 15.8. The third kappa shape index (κ3) is 3.99. The first-order valence-corrected chi connectivity index (χ1v) is 14.1. The van der Waals surface area contributed by atoms with E-state index in [0.717, 1.165) is 43.1 Å². The molecule has 4 aliphatic carbocycles. The van der Waals surface area contributed by atoms with Gasteiger partial charge < -0.3 is 14.9 Å². The predicted molar refractivity (Wildman–Crippen MR) is 136 cm³/mol. The molecule has 0 heterocycles. The van der Waals surface area contributed by atoms with Crippen LogP contribution >= 0.6 is 0 Å². The summed E-state index contributed by atoms with van der Waals surface area (Å²) in [5.74, 6) is 2.80. The fourth-order valence-electron chi connectivity index (χ4n) is 8.92. The third-order valence-corrected chi connectivity index (χ3v) is 11.5. The second-order valence-corrected chi connectivity index (χ2v) is 13.6. The van der Waals surface area contributed by atoms with E-state index in [1.807, 2.05) is 0 Å². The minimum Gasteiger partial charge on any atom is -0.462 e. The molecule has 0 aliphatic heterocycles. The van der Waals surface area contributed by atoms with Gasteiger partial charge in [0.15, 0.2) is 0 Å². The van der Waals surface area contributed by atoms with Crippen molar-refractivity contribution in [1.82, 2.24) is 0 Å². The average Bonchev–Trinajstić information content (AvgIpc) is 3.11. The minimum atomic E-state index is -0.921. The Morgan fingerprint density at radius 1 is 1.06 bits per heavy atom. The number of aliphatic hydroxyl groups is 2. The summed E-state index contributed by atoms with van der Waals surface area (Å²) in [5.41, 5.74) is -0.968. The number of carbonyl (C=O) groups is 1. The van der Waals surface area contributed by atoms with Gasteiger partial charge in [-0.2, -0.15) is 0 Å². The van der Waals surface area contributed by atoms with Gasteiger partial charge in [0.1, 0.15) is 6.10 Å². The SMILES string of the molecule is CC(=O)O[C@@H]1CC[C@]2(C)C3=CC[C@]4(C)[C@H]([C@H](C)CC[C@H](C)C(C)C)CC[C@@H]4[C@@]3(O)CC[C@@]2(O)C1. The Morgan fingerprint density at radius 2 is 1.76 bits per heavy atom. The highest BCUT2D eigenvalue weighted by Gasteiger charge is 2.67. The standard InChI is InChI=1S/C30H50O4/c1-19(2)20(3)8-9-21(4)24-10-11-25-27(24,6)14-13-26-28(7)15-12-23(34-22(5)31)18-29(28,32)16-17-30(25,26)33/h13,19-21,23-25,32-33H,8-12,14-18H2,1-7H3/t20-,21+,23+,24-,25-,27+,28+,29+,30-/m0/s1. The molecule has 4 nitrogen and oxygen atoms in total. The molecular weight excluding hydrogens is 424 g/mol. The largest absolute Gasteiger partial charge is 0.462 e. The predicted octanol–water partition coefficient (Wildman–Crippen LogP) is 6.44. The molecule has 0 aromatic carbocycles. The van der Waals surface area contributed by atoms with Crippen LogP contribution in [0.4, 0.5) is 0 Å². The summed E-state index contributed by atoms with van der Waals surface area (Å²) in [7, 11) is 0. The Balaban J connectivity index is 1.57. The molecule has 0 aromatic heterocycles. The minimum absolute atomic E-state index is 0.124. The molecule has 9 atom stereocenters. The van der Waals surface area contributed by atoms with Crippen LogP contribution in [0, 0.1) is 40.4 Å². The Bertz CT molecular complexity index is 819. The number of allylic oxidation sites excluding steroid dienone is 1. The fourth-order valence-corrected chi connectivity index (χ4v) is 8.92. The van der Waals surface area contributed by atoms with E-state index >= 15 is 0 Å². The Hall–Kier alpha value is -0.870. The number of rotatable bonds is 6. The van der Waals surface area contributed by atoms with Gasteiger partial charge in [-0.25, -0.2) is 0 Å². The average molecular weight is 475 g/mol. The molecule has 0 unspecified atom stereocenters. The number of hydrogen-bond donors (Lipinski definition) is 2. The zero-order valence-corrected chi connectivity index (χ0v) is 22.8. The van der Waals surface area contributed by atoms with Crippen LogP contribution < -0.4 is 0 Å². The molecule has 0 spiro atoms. The van der Waals surface area contributed by atoms with Crippen molar-refractivity contribution in [2.45, 2.75) is 130 Å². The smallest absolute Gasteiger partial charge is 0.302 e. The Labute approximate surface area is 207 Å². The molecule has 0 radical (unpaired) electrons. The molecule has 2 N–H and O–H groups in total. The van der Waals surface area contributed by atoms with E-state index in [1.54, 1.807) is 0 Å². The maximum atomic E-state index is 12.4. The van der Waals surface area contributed by atoms with E-state index in [-0.39, 0.29) is 23.4 Å². The van der Waals surface area contributed by atoms with Gasteiger partial charge in [0.2, 0.25) is 0 Å². The molecule has 0 saturated heterocycles. The van der Waals surface area contributed by atoms with Crippen LogP contribution in [-0.2, 0) is 9.53 Å². The highest BCUT2D eigenvalue weighted by atomic mass is 16.5. The second kappa shape index (κ2) is 8.91. The number of esters is 1. The normalized spacial score (nSPS) is 45.6. The molecule has 0 bridgehead atoms. The third-order valence-electron chi connectivity index (χ3n) is 11.5. The first-order valence-electron chi connectivity index (χ1n) is 14.1. The maximum absolute atomic E-state index is 12.4. The second-order valence-electron chi connectivity index (χ2n) is 13.6. The molecule has 194 valence electrons. The van der Waals surface area contributed by atoms with Crippen LogP contribution in [0.2, 0.25) is 0 Å². The van der Waals surface area contributed by atoms with Gasteiger partial charge in [0.25, 0.3) is 0 Å². The Kier molecular flexibility index (Phi) is 6.86. The van der Waals surface area contributed by atoms with Gasteiger partial charge in [0, 0.05) is 18.8 Å². The highest BCUT2D eigenvalue weighted by molar-refractivity contribution is 5.66. The molecule has 4 aliphatic rings. The molecule has 3 fully saturated rings. The maximum Gasteiger partial charge on any atom is 0.302 e. The van der Waals surface area contributed by atoms with Gasteiger partial charge in [-0.15, -0.1) is 0 Å². The molecule has 3 saturated carbocycles. The summed E-state index contributed by atoms with van der Waals surface area (Å²) < 4.78 is 5.51. The van der Waals surface area contributed by atoms with Crippen LogP contribution in [0.3, 0.4) is 0 Å². The van der Waals surface area contributed by atoms with Gasteiger partial charge in [-0.3, -0.25) is 4.79 Å². The van der Waals surface area contributed by atoms with Crippen LogP contribution in [-0.4, -0.2) is 33.5 Å². The summed E-state index contributed by atoms with van der Waals surface area (Å²) in [5, 5.41) is 24.2. The lowest BCUT2D eigenvalue weighted by Crippen LogP contribution is -2.65. The zero-order chi connectivity index (χ0) is 25.1. The topological polar surface area (TPSA) is 66.8 Å². The monoisotopic (exact) mass is 474 g/mol. The number of hydrogen-bond acceptors (Lipinski definition) is 4. The molecule has 0 amide bonds. The van der Waals surface area contributed by atoms with Crippen molar-refractivity contribution >= 4 is 5.97 Å². The van der Waals surface area contributed by atoms with E-state index in [9.17, 15) is 15.0 Å². The lowest BCUT2D eigenvalue weighted by molar-refractivity contribution is -0.195. The first kappa shape index (κ1) is 26.2. The van der Waals surface area contributed by atoms with Gasteiger partial charge >= 0.3 is 5.97 Å². The van der Waals surface area contributed by atoms with Crippen molar-refractivity contribution < 1.29 is 19.7 Å². The van der Waals surface area contributed by atoms with Gasteiger partial charge in [-0.1, -0.05) is 60.5 Å². The zero-order valence-electron chi connectivity index (χ0n) is 22.8. The van der Waals surface area contributed by atoms with Crippen molar-refractivity contribution in [3.63, 3.8) is 0 Å². The molecule has 0 aromatic rings. The quantitative estimate of drug-likeness (QED) is 0.344. The van der Waals surface area contributed by atoms with Crippen molar-refractivity contribution in [2.24, 2.45) is 40.4 Å². The molecule has 34 heavy (non-hydrogen) atoms. The summed E-state index contributed by atoms with van der Waals surface area (Å²) in [4.78, 5) is 11.5. The summed E-state index contributed by atoms with van der Waals surface area (Å²) in [6.45, 7) is 15.6. The van der Waals surface area contributed by atoms with Crippen LogP contribution in [0.15, 0.2) is 11.6 Å². The van der Waals surface area contributed by atoms with E-state index in [1.165, 1.54) is 26.2 Å². The molecular formula is C30H50O4. The van der Waals surface area contributed by atoms with Crippen LogP contribution in [0.1, 0.15) is 113 Å². The molecule has 4 rings (SSSR count). The van der Waals surface area contributed by atoms with Crippen molar-refractivity contribution in [1.29, 1.82) is 0 Å². The fraction of sp³-hybridized carbons (Fsp3) is 0.900. The Morgan fingerprint density at radius 3 is 2.41 bits per heavy atom. The van der Waals surface area contributed by atoms with Crippen LogP contribution in [0.5, 0.6) is 0 Å². The van der Waals surface area contributed by atoms with Crippen molar-refractivity contribution in [2.75, 3.05) is 0 Å². The van der Waals surface area contributed by atoms with Crippen molar-refractivity contribution in [3.8, 4) is 0 Å². The van der Waals surface area contributed by atoms with Gasteiger partial charge in [0.05, 0.1) is 11.2 Å².